The van der Waals surface area contributed by atoms with Gasteiger partial charge in [0.05, 0.1) is 26.2 Å². The van der Waals surface area contributed by atoms with Crippen LogP contribution in [-0.2, 0) is 16.0 Å². The zero-order valence-electron chi connectivity index (χ0n) is 27.5. The first-order chi connectivity index (χ1) is 19.6. The van der Waals surface area contributed by atoms with Gasteiger partial charge in [-0.05, 0) is 101 Å². The number of quaternary nitrogens is 1. The number of nitrogens with zero attached hydrogens (tertiary/aromatic N) is 3. The molecule has 0 heterocycles. The number of benzene rings is 2. The van der Waals surface area contributed by atoms with Crippen LogP contribution in [0, 0.1) is 27.7 Å². The van der Waals surface area contributed by atoms with Crippen molar-refractivity contribution in [3.63, 3.8) is 0 Å². The van der Waals surface area contributed by atoms with E-state index in [1.54, 1.807) is 0 Å². The highest BCUT2D eigenvalue weighted by Gasteiger charge is 2.28. The van der Waals surface area contributed by atoms with Crippen LogP contribution in [0.15, 0.2) is 36.4 Å². The maximum Gasteiger partial charge on any atom is 0.240 e. The second-order valence-corrected chi connectivity index (χ2v) is 12.2. The Morgan fingerprint density at radius 2 is 1.27 bits per heavy atom. The molecule has 0 saturated heterocycles. The fourth-order valence-corrected chi connectivity index (χ4v) is 6.14. The molecule has 0 N–H and O–H groups in total. The minimum absolute atomic E-state index is 0.150. The molecule has 41 heavy (non-hydrogen) atoms. The first kappa shape index (κ1) is 34.7. The lowest BCUT2D eigenvalue weighted by atomic mass is 9.97. The monoisotopic (exact) mass is 564 g/mol. The smallest absolute Gasteiger partial charge is 0.240 e. The minimum atomic E-state index is 0.150. The Morgan fingerprint density at radius 3 is 1.83 bits per heavy atom. The largest absolute Gasteiger partial charge is 0.318 e. The molecule has 0 aliphatic heterocycles. The van der Waals surface area contributed by atoms with Crippen LogP contribution in [0.25, 0.3) is 0 Å². The number of likely N-dealkylation sites (N-methyl/N-ethyl adjacent to an activating group) is 2. The van der Waals surface area contributed by atoms with E-state index in [2.05, 4.69) is 83.7 Å². The number of unbranched alkanes of at least 4 members (excludes halogenated alkanes) is 3. The number of Topliss-reactive ketones (excluding diaryl/α,β-unsaturated/α-hetero) is 1. The highest BCUT2D eigenvalue weighted by Crippen LogP contribution is 2.24. The van der Waals surface area contributed by atoms with Gasteiger partial charge < -0.3 is 9.38 Å². The van der Waals surface area contributed by atoms with E-state index in [4.69, 9.17) is 0 Å². The first-order valence-electron chi connectivity index (χ1n) is 16.0. The Balaban J connectivity index is 2.02. The molecule has 2 aromatic carbocycles. The van der Waals surface area contributed by atoms with Crippen LogP contribution in [0.3, 0.4) is 0 Å². The lowest BCUT2D eigenvalue weighted by molar-refractivity contribution is -0.919. The molecule has 0 aliphatic rings. The molecule has 1 amide bonds. The normalized spacial score (nSPS) is 12.9. The van der Waals surface area contributed by atoms with Crippen LogP contribution in [0.1, 0.15) is 87.1 Å². The van der Waals surface area contributed by atoms with Crippen molar-refractivity contribution >= 4 is 17.4 Å². The lowest BCUT2D eigenvalue weighted by Crippen LogP contribution is -2.52. The fraction of sp³-hybridized carbons (Fsp3) is 0.611. The first-order valence-corrected chi connectivity index (χ1v) is 16.0. The number of anilines is 1. The molecule has 0 aliphatic carbocycles. The molecule has 0 radical (unpaired) electrons. The third-order valence-corrected chi connectivity index (χ3v) is 8.88. The van der Waals surface area contributed by atoms with E-state index < -0.39 is 0 Å². The molecule has 0 spiro atoms. The van der Waals surface area contributed by atoms with Gasteiger partial charge in [-0.2, -0.15) is 0 Å². The minimum Gasteiger partial charge on any atom is -0.318 e. The summed E-state index contributed by atoms with van der Waals surface area (Å²) in [5.74, 6) is 0.502. The third kappa shape index (κ3) is 10.7. The number of hydrogen-bond donors (Lipinski definition) is 0. The van der Waals surface area contributed by atoms with Gasteiger partial charge in [0, 0.05) is 19.2 Å². The van der Waals surface area contributed by atoms with Crippen molar-refractivity contribution in [2.24, 2.45) is 0 Å². The molecule has 0 saturated carbocycles. The van der Waals surface area contributed by atoms with E-state index in [0.29, 0.717) is 25.3 Å². The van der Waals surface area contributed by atoms with Crippen molar-refractivity contribution in [1.82, 2.24) is 4.90 Å². The van der Waals surface area contributed by atoms with Gasteiger partial charge in [0.15, 0.2) is 5.78 Å². The van der Waals surface area contributed by atoms with Gasteiger partial charge in [-0.1, -0.05) is 63.1 Å². The van der Waals surface area contributed by atoms with Crippen LogP contribution in [-0.4, -0.2) is 73.9 Å². The zero-order chi connectivity index (χ0) is 30.4. The average Bonchev–Trinajstić information content (AvgIpc) is 2.94. The van der Waals surface area contributed by atoms with Gasteiger partial charge in [-0.3, -0.25) is 14.5 Å². The summed E-state index contributed by atoms with van der Waals surface area (Å²) in [5, 5.41) is 0. The summed E-state index contributed by atoms with van der Waals surface area (Å²) >= 11 is 0. The van der Waals surface area contributed by atoms with E-state index in [1.165, 1.54) is 16.7 Å². The van der Waals surface area contributed by atoms with Crippen molar-refractivity contribution in [2.75, 3.05) is 57.8 Å². The van der Waals surface area contributed by atoms with Crippen LogP contribution in [0.5, 0.6) is 0 Å². The molecular weight excluding hydrogens is 506 g/mol. The number of carbonyl (C=O) groups is 2. The Hall–Kier alpha value is -2.50. The van der Waals surface area contributed by atoms with Crippen molar-refractivity contribution in [1.29, 1.82) is 0 Å². The van der Waals surface area contributed by atoms with Gasteiger partial charge >= 0.3 is 0 Å². The Morgan fingerprint density at radius 1 is 0.732 bits per heavy atom. The number of para-hydroxylation sites is 1. The number of ketones is 1. The second kappa shape index (κ2) is 17.5. The summed E-state index contributed by atoms with van der Waals surface area (Å²) in [6, 6.07) is 12.5. The predicted molar refractivity (Wildman–Crippen MR) is 175 cm³/mol. The molecule has 5 nitrogen and oxygen atoms in total. The highest BCUT2D eigenvalue weighted by molar-refractivity contribution is 5.95. The summed E-state index contributed by atoms with van der Waals surface area (Å²) in [4.78, 5) is 30.9. The van der Waals surface area contributed by atoms with Gasteiger partial charge in [0.25, 0.3) is 0 Å². The SMILES string of the molecule is CCCCN(CCCC[N+](CC)(CCCC)CC(=O)Cc1c(C)cccc1C)CC(=O)N(C)c1c(C)cccc1C. The highest BCUT2D eigenvalue weighted by atomic mass is 16.2. The third-order valence-electron chi connectivity index (χ3n) is 8.88. The summed E-state index contributed by atoms with van der Waals surface area (Å²) in [5.41, 5.74) is 6.92. The number of hydrogen-bond acceptors (Lipinski definition) is 3. The van der Waals surface area contributed by atoms with Gasteiger partial charge in [0.2, 0.25) is 5.91 Å². The molecule has 5 heteroatoms. The molecular formula is C36H58N3O2+. The number of aryl methyl sites for hydroxylation is 4. The fourth-order valence-electron chi connectivity index (χ4n) is 6.14. The molecule has 228 valence electrons. The molecule has 1 unspecified atom stereocenters. The average molecular weight is 565 g/mol. The number of carbonyl (C=O) groups excluding carboxylic acids is 2. The van der Waals surface area contributed by atoms with Gasteiger partial charge in [0.1, 0.15) is 6.54 Å². The number of amides is 1. The summed E-state index contributed by atoms with van der Waals surface area (Å²) in [6.45, 7) is 21.1. The Bertz CT molecular complexity index is 1070. The van der Waals surface area contributed by atoms with E-state index in [-0.39, 0.29) is 5.91 Å². The van der Waals surface area contributed by atoms with Gasteiger partial charge in [-0.15, -0.1) is 0 Å². The Kier molecular flexibility index (Phi) is 14.8. The predicted octanol–water partition coefficient (Wildman–Crippen LogP) is 7.21. The summed E-state index contributed by atoms with van der Waals surface area (Å²) < 4.78 is 0.876. The van der Waals surface area contributed by atoms with Crippen LogP contribution in [0.4, 0.5) is 5.69 Å². The van der Waals surface area contributed by atoms with Crippen LogP contribution in [0.2, 0.25) is 0 Å². The van der Waals surface area contributed by atoms with Crippen LogP contribution < -0.4 is 4.90 Å². The van der Waals surface area contributed by atoms with Crippen molar-refractivity contribution in [3.8, 4) is 0 Å². The van der Waals surface area contributed by atoms with E-state index in [1.807, 2.05) is 18.0 Å². The standard InChI is InChI=1S/C36H58N3O2/c1-9-12-22-38(27-35(41)37(8)36-31(6)20-17-21-32(36)7)23-14-15-25-39(11-3,24-13-10-2)28-33(40)26-34-29(4)18-16-19-30(34)5/h16-21H,9-15,22-28H2,1-8H3/q+1. The van der Waals surface area contributed by atoms with E-state index >= 15 is 0 Å². The van der Waals surface area contributed by atoms with Crippen LogP contribution >= 0.6 is 0 Å². The van der Waals surface area contributed by atoms with Gasteiger partial charge in [-0.25, -0.2) is 0 Å². The molecule has 1 atom stereocenters. The molecule has 2 rings (SSSR count). The molecule has 0 bridgehead atoms. The number of rotatable bonds is 19. The second-order valence-electron chi connectivity index (χ2n) is 12.2. The summed E-state index contributed by atoms with van der Waals surface area (Å²) in [6.07, 6.45) is 7.15. The molecule has 2 aromatic rings. The Labute approximate surface area is 251 Å². The lowest BCUT2D eigenvalue weighted by Gasteiger charge is -2.38. The maximum absolute atomic E-state index is 13.4. The van der Waals surface area contributed by atoms with Crippen molar-refractivity contribution in [2.45, 2.75) is 93.4 Å². The van der Waals surface area contributed by atoms with E-state index in [0.717, 1.165) is 92.5 Å². The van der Waals surface area contributed by atoms with Crippen molar-refractivity contribution in [3.05, 3.63) is 64.2 Å². The zero-order valence-corrected chi connectivity index (χ0v) is 27.5. The quantitative estimate of drug-likeness (QED) is 0.134. The van der Waals surface area contributed by atoms with E-state index in [9.17, 15) is 9.59 Å². The molecule has 0 fully saturated rings. The van der Waals surface area contributed by atoms with Crippen molar-refractivity contribution < 1.29 is 14.1 Å². The summed E-state index contributed by atoms with van der Waals surface area (Å²) in [7, 11) is 1.91. The topological polar surface area (TPSA) is 40.6 Å². The molecule has 0 aromatic heterocycles. The maximum atomic E-state index is 13.4.